The van der Waals surface area contributed by atoms with Gasteiger partial charge in [0.2, 0.25) is 5.91 Å². The average molecular weight is 421 g/mol. The second kappa shape index (κ2) is 10.6. The SMILES string of the molecule is CNC(=O)[C@@H](C)N(Cc1ccccc1Cl)C(=O)COc1cc(OC)cc(OC)c1. The fraction of sp³-hybridized carbons (Fsp3) is 0.333. The largest absolute Gasteiger partial charge is 0.496 e. The van der Waals surface area contributed by atoms with E-state index in [0.717, 1.165) is 5.56 Å². The summed E-state index contributed by atoms with van der Waals surface area (Å²) in [4.78, 5) is 26.5. The van der Waals surface area contributed by atoms with Gasteiger partial charge >= 0.3 is 0 Å². The second-order valence-electron chi connectivity index (χ2n) is 6.24. The predicted octanol–water partition coefficient (Wildman–Crippen LogP) is 2.90. The number of nitrogens with zero attached hydrogens (tertiary/aromatic N) is 1. The molecule has 0 saturated carbocycles. The van der Waals surface area contributed by atoms with Crippen LogP contribution in [0.2, 0.25) is 5.02 Å². The molecule has 0 radical (unpaired) electrons. The second-order valence-corrected chi connectivity index (χ2v) is 6.65. The predicted molar refractivity (Wildman–Crippen MR) is 111 cm³/mol. The number of likely N-dealkylation sites (N-methyl/N-ethyl adjacent to an activating group) is 1. The Hall–Kier alpha value is -2.93. The summed E-state index contributed by atoms with van der Waals surface area (Å²) < 4.78 is 16.1. The molecule has 0 aliphatic heterocycles. The molecule has 0 unspecified atom stereocenters. The molecule has 2 aromatic carbocycles. The van der Waals surface area contributed by atoms with Gasteiger partial charge in [0.1, 0.15) is 23.3 Å². The summed E-state index contributed by atoms with van der Waals surface area (Å²) in [5.74, 6) is 0.855. The quantitative estimate of drug-likeness (QED) is 0.675. The fourth-order valence-electron chi connectivity index (χ4n) is 2.69. The smallest absolute Gasteiger partial charge is 0.261 e. The lowest BCUT2D eigenvalue weighted by atomic mass is 10.1. The van der Waals surface area contributed by atoms with E-state index < -0.39 is 6.04 Å². The molecule has 2 amide bonds. The van der Waals surface area contributed by atoms with E-state index in [-0.39, 0.29) is 25.0 Å². The van der Waals surface area contributed by atoms with Gasteiger partial charge in [-0.1, -0.05) is 29.8 Å². The van der Waals surface area contributed by atoms with Crippen LogP contribution < -0.4 is 19.5 Å². The Morgan fingerprint density at radius 1 is 1.07 bits per heavy atom. The topological polar surface area (TPSA) is 77.1 Å². The highest BCUT2D eigenvalue weighted by atomic mass is 35.5. The number of ether oxygens (including phenoxy) is 3. The Kier molecular flexibility index (Phi) is 8.15. The van der Waals surface area contributed by atoms with E-state index >= 15 is 0 Å². The minimum Gasteiger partial charge on any atom is -0.496 e. The van der Waals surface area contributed by atoms with Crippen molar-refractivity contribution in [2.45, 2.75) is 19.5 Å². The van der Waals surface area contributed by atoms with E-state index in [2.05, 4.69) is 5.32 Å². The lowest BCUT2D eigenvalue weighted by Gasteiger charge is -2.28. The molecule has 2 rings (SSSR count). The number of halogens is 1. The molecular formula is C21H25ClN2O5. The highest BCUT2D eigenvalue weighted by Crippen LogP contribution is 2.27. The van der Waals surface area contributed by atoms with Gasteiger partial charge in [-0.15, -0.1) is 0 Å². The van der Waals surface area contributed by atoms with Crippen LogP contribution in [0.15, 0.2) is 42.5 Å². The number of hydrogen-bond acceptors (Lipinski definition) is 5. The van der Waals surface area contributed by atoms with Gasteiger partial charge in [-0.3, -0.25) is 9.59 Å². The fourth-order valence-corrected chi connectivity index (χ4v) is 2.89. The Balaban J connectivity index is 2.19. The van der Waals surface area contributed by atoms with Gasteiger partial charge in [-0.25, -0.2) is 0 Å². The van der Waals surface area contributed by atoms with Gasteiger partial charge in [0.25, 0.3) is 5.91 Å². The lowest BCUT2D eigenvalue weighted by Crippen LogP contribution is -2.48. The standard InChI is InChI=1S/C21H25ClN2O5/c1-14(21(26)23-2)24(12-15-7-5-6-8-19(15)22)20(25)13-29-18-10-16(27-3)9-17(11-18)28-4/h5-11,14H,12-13H2,1-4H3,(H,23,26)/t14-/m1/s1. The van der Waals surface area contributed by atoms with Crippen LogP contribution in [0.1, 0.15) is 12.5 Å². The number of hydrogen-bond donors (Lipinski definition) is 1. The molecule has 0 spiro atoms. The summed E-state index contributed by atoms with van der Waals surface area (Å²) in [6.07, 6.45) is 0. The average Bonchev–Trinajstić information content (AvgIpc) is 2.75. The zero-order valence-electron chi connectivity index (χ0n) is 16.9. The number of benzene rings is 2. The minimum absolute atomic E-state index is 0.178. The van der Waals surface area contributed by atoms with Crippen LogP contribution in [0, 0.1) is 0 Å². The van der Waals surface area contributed by atoms with Crippen molar-refractivity contribution >= 4 is 23.4 Å². The maximum absolute atomic E-state index is 12.9. The van der Waals surface area contributed by atoms with Crippen molar-refractivity contribution in [3.8, 4) is 17.2 Å². The van der Waals surface area contributed by atoms with E-state index in [1.807, 2.05) is 12.1 Å². The molecular weight excluding hydrogens is 396 g/mol. The first-order valence-electron chi connectivity index (χ1n) is 9.00. The number of carbonyl (C=O) groups is 2. The van der Waals surface area contributed by atoms with Crippen LogP contribution in [0.4, 0.5) is 0 Å². The number of methoxy groups -OCH3 is 2. The van der Waals surface area contributed by atoms with Gasteiger partial charge < -0.3 is 24.4 Å². The maximum Gasteiger partial charge on any atom is 0.261 e. The lowest BCUT2D eigenvalue weighted by molar-refractivity contribution is -0.142. The molecule has 1 N–H and O–H groups in total. The first kappa shape index (κ1) is 22.4. The van der Waals surface area contributed by atoms with Crippen LogP contribution >= 0.6 is 11.6 Å². The first-order valence-corrected chi connectivity index (χ1v) is 9.37. The molecule has 0 aliphatic carbocycles. The third-order valence-corrected chi connectivity index (χ3v) is 4.77. The van der Waals surface area contributed by atoms with Gasteiger partial charge in [0.15, 0.2) is 6.61 Å². The summed E-state index contributed by atoms with van der Waals surface area (Å²) in [6.45, 7) is 1.57. The van der Waals surface area contributed by atoms with Crippen molar-refractivity contribution in [3.63, 3.8) is 0 Å². The van der Waals surface area contributed by atoms with Gasteiger partial charge in [0, 0.05) is 36.8 Å². The molecule has 0 aliphatic rings. The third kappa shape index (κ3) is 6.02. The number of amides is 2. The number of rotatable bonds is 9. The third-order valence-electron chi connectivity index (χ3n) is 4.40. The van der Waals surface area contributed by atoms with E-state index in [0.29, 0.717) is 22.3 Å². The molecule has 0 aromatic heterocycles. The van der Waals surface area contributed by atoms with E-state index in [1.165, 1.54) is 26.2 Å². The number of carbonyl (C=O) groups excluding carboxylic acids is 2. The zero-order valence-corrected chi connectivity index (χ0v) is 17.7. The van der Waals surface area contributed by atoms with Crippen LogP contribution in [0.5, 0.6) is 17.2 Å². The molecule has 8 heteroatoms. The Bertz CT molecular complexity index is 836. The molecule has 0 heterocycles. The molecule has 0 fully saturated rings. The summed E-state index contributed by atoms with van der Waals surface area (Å²) in [7, 11) is 4.58. The Morgan fingerprint density at radius 3 is 2.21 bits per heavy atom. The maximum atomic E-state index is 12.9. The van der Waals surface area contributed by atoms with Crippen molar-refractivity contribution in [1.82, 2.24) is 10.2 Å². The highest BCUT2D eigenvalue weighted by molar-refractivity contribution is 6.31. The zero-order chi connectivity index (χ0) is 21.4. The first-order chi connectivity index (χ1) is 13.9. The van der Waals surface area contributed by atoms with Gasteiger partial charge in [-0.2, -0.15) is 0 Å². The molecule has 1 atom stereocenters. The van der Waals surface area contributed by atoms with Crippen molar-refractivity contribution in [2.24, 2.45) is 0 Å². The van der Waals surface area contributed by atoms with E-state index in [9.17, 15) is 9.59 Å². The van der Waals surface area contributed by atoms with Gasteiger partial charge in [0.05, 0.1) is 14.2 Å². The molecule has 29 heavy (non-hydrogen) atoms. The van der Waals surface area contributed by atoms with Crippen LogP contribution in [0.25, 0.3) is 0 Å². The summed E-state index contributed by atoms with van der Waals surface area (Å²) in [5.41, 5.74) is 0.737. The molecule has 0 saturated heterocycles. The van der Waals surface area contributed by atoms with Crippen LogP contribution in [0.3, 0.4) is 0 Å². The van der Waals surface area contributed by atoms with Crippen molar-refractivity contribution < 1.29 is 23.8 Å². The van der Waals surface area contributed by atoms with Crippen molar-refractivity contribution in [2.75, 3.05) is 27.9 Å². The number of nitrogens with one attached hydrogen (secondary N) is 1. The molecule has 7 nitrogen and oxygen atoms in total. The summed E-state index contributed by atoms with van der Waals surface area (Å²) >= 11 is 6.23. The Labute approximate surface area is 175 Å². The normalized spacial score (nSPS) is 11.3. The van der Waals surface area contributed by atoms with E-state index in [1.54, 1.807) is 37.3 Å². The van der Waals surface area contributed by atoms with Gasteiger partial charge in [-0.05, 0) is 18.6 Å². The van der Waals surface area contributed by atoms with E-state index in [4.69, 9.17) is 25.8 Å². The monoisotopic (exact) mass is 420 g/mol. The summed E-state index contributed by atoms with van der Waals surface area (Å²) in [5, 5.41) is 3.09. The molecule has 2 aromatic rings. The van der Waals surface area contributed by atoms with Crippen LogP contribution in [-0.2, 0) is 16.1 Å². The Morgan fingerprint density at radius 2 is 1.66 bits per heavy atom. The van der Waals surface area contributed by atoms with Crippen LogP contribution in [-0.4, -0.2) is 50.6 Å². The van der Waals surface area contributed by atoms with Crippen molar-refractivity contribution in [1.29, 1.82) is 0 Å². The van der Waals surface area contributed by atoms with Crippen molar-refractivity contribution in [3.05, 3.63) is 53.1 Å². The molecule has 156 valence electrons. The summed E-state index contributed by atoms with van der Waals surface area (Å²) in [6, 6.07) is 11.5. The highest BCUT2D eigenvalue weighted by Gasteiger charge is 2.26. The minimum atomic E-state index is -0.702. The molecule has 0 bridgehead atoms.